The third-order valence-corrected chi connectivity index (χ3v) is 4.31. The van der Waals surface area contributed by atoms with E-state index in [9.17, 15) is 20.2 Å². The molecule has 2 aromatic carbocycles. The van der Waals surface area contributed by atoms with Crippen LogP contribution in [0, 0.1) is 25.0 Å². The summed E-state index contributed by atoms with van der Waals surface area (Å²) in [6.45, 7) is 1.91. The summed E-state index contributed by atoms with van der Waals surface area (Å²) in [5, 5.41) is 20.3. The number of ether oxygens (including phenoxy) is 2. The quantitative estimate of drug-likeness (QED) is 0.197. The summed E-state index contributed by atoms with van der Waals surface area (Å²) >= 11 is 2.04. The number of non-ortho nitro benzene ring substituents is 1. The minimum absolute atomic E-state index is 0.0508. The van der Waals surface area contributed by atoms with Gasteiger partial charge in [0.25, 0.3) is 11.6 Å². The van der Waals surface area contributed by atoms with Gasteiger partial charge in [-0.2, -0.15) is 5.26 Å². The lowest BCUT2D eigenvalue weighted by molar-refractivity contribution is -0.384. The lowest BCUT2D eigenvalue weighted by atomic mass is 10.0. The van der Waals surface area contributed by atoms with Gasteiger partial charge in [-0.3, -0.25) is 14.9 Å². The Morgan fingerprint density at radius 3 is 2.54 bits per heavy atom. The molecule has 2 aromatic rings. The van der Waals surface area contributed by atoms with Crippen LogP contribution in [0.3, 0.4) is 0 Å². The summed E-state index contributed by atoms with van der Waals surface area (Å²) in [5.41, 5.74) is 6.63. The Morgan fingerprint density at radius 1 is 1.32 bits per heavy atom. The van der Waals surface area contributed by atoms with Gasteiger partial charge in [0.05, 0.1) is 26.7 Å². The van der Waals surface area contributed by atoms with E-state index in [1.807, 2.05) is 29.5 Å². The fraction of sp³-hybridized carbons (Fsp3) is 0.158. The summed E-state index contributed by atoms with van der Waals surface area (Å²) in [6.07, 6.45) is 1.64. The molecule has 28 heavy (non-hydrogen) atoms. The second kappa shape index (κ2) is 9.70. The molecule has 0 spiro atoms. The highest BCUT2D eigenvalue weighted by Gasteiger charge is 2.14. The molecular formula is C19H16IN3O5. The van der Waals surface area contributed by atoms with Gasteiger partial charge in [-0.25, -0.2) is 0 Å². The highest BCUT2D eigenvalue weighted by molar-refractivity contribution is 14.1. The molecule has 144 valence electrons. The molecule has 0 aliphatic rings. The average molecular weight is 493 g/mol. The number of rotatable bonds is 8. The Hall–Kier alpha value is -3.13. The number of nitro benzene ring substituents is 1. The molecule has 0 aliphatic carbocycles. The SMILES string of the molecule is CCOc1cc(/C=C(\C#N)c2ccc([N+](=O)[O-])cc2)cc(I)c1OCC(N)=O. The predicted molar refractivity (Wildman–Crippen MR) is 112 cm³/mol. The zero-order valence-electron chi connectivity index (χ0n) is 14.8. The van der Waals surface area contributed by atoms with Crippen molar-refractivity contribution < 1.29 is 19.2 Å². The molecule has 0 radical (unpaired) electrons. The summed E-state index contributed by atoms with van der Waals surface area (Å²) in [7, 11) is 0. The van der Waals surface area contributed by atoms with Crippen molar-refractivity contribution in [3.05, 3.63) is 61.2 Å². The first-order valence-corrected chi connectivity index (χ1v) is 9.17. The third kappa shape index (κ3) is 5.43. The molecule has 0 aromatic heterocycles. The molecule has 0 heterocycles. The van der Waals surface area contributed by atoms with E-state index >= 15 is 0 Å². The second-order valence-corrected chi connectivity index (χ2v) is 6.65. The van der Waals surface area contributed by atoms with Crippen molar-refractivity contribution >= 4 is 45.8 Å². The van der Waals surface area contributed by atoms with E-state index in [2.05, 4.69) is 6.07 Å². The number of primary amides is 1. The zero-order valence-corrected chi connectivity index (χ0v) is 17.0. The smallest absolute Gasteiger partial charge is 0.269 e. The normalized spacial score (nSPS) is 10.8. The van der Waals surface area contributed by atoms with Crippen LogP contribution in [0.4, 0.5) is 5.69 Å². The first-order valence-electron chi connectivity index (χ1n) is 8.09. The van der Waals surface area contributed by atoms with Crippen molar-refractivity contribution in [2.45, 2.75) is 6.92 Å². The van der Waals surface area contributed by atoms with Crippen LogP contribution in [-0.4, -0.2) is 24.0 Å². The third-order valence-electron chi connectivity index (χ3n) is 3.51. The maximum Gasteiger partial charge on any atom is 0.269 e. The number of carbonyl (C=O) groups is 1. The molecular weight excluding hydrogens is 477 g/mol. The van der Waals surface area contributed by atoms with Gasteiger partial charge in [-0.15, -0.1) is 0 Å². The van der Waals surface area contributed by atoms with Crippen LogP contribution in [0.5, 0.6) is 11.5 Å². The first kappa shape index (κ1) is 21.2. The van der Waals surface area contributed by atoms with Gasteiger partial charge in [0.15, 0.2) is 18.1 Å². The molecule has 0 fully saturated rings. The second-order valence-electron chi connectivity index (χ2n) is 5.49. The number of nitriles is 1. The van der Waals surface area contributed by atoms with Gasteiger partial charge < -0.3 is 15.2 Å². The summed E-state index contributed by atoms with van der Waals surface area (Å²) in [6, 6.07) is 11.3. The van der Waals surface area contributed by atoms with E-state index in [1.165, 1.54) is 24.3 Å². The maximum atomic E-state index is 11.0. The highest BCUT2D eigenvalue weighted by Crippen LogP contribution is 2.35. The minimum Gasteiger partial charge on any atom is -0.490 e. The molecule has 0 bridgehead atoms. The Labute approximate surface area is 174 Å². The number of nitro groups is 1. The van der Waals surface area contributed by atoms with Gasteiger partial charge in [-0.05, 0) is 71.0 Å². The summed E-state index contributed by atoms with van der Waals surface area (Å²) in [4.78, 5) is 21.3. The Bertz CT molecular complexity index is 965. The number of hydrogen-bond acceptors (Lipinski definition) is 6. The monoisotopic (exact) mass is 493 g/mol. The van der Waals surface area contributed by atoms with Crippen molar-refractivity contribution in [3.63, 3.8) is 0 Å². The molecule has 2 rings (SSSR count). The lowest BCUT2D eigenvalue weighted by Gasteiger charge is -2.14. The molecule has 8 nitrogen and oxygen atoms in total. The molecule has 0 aliphatic heterocycles. The summed E-state index contributed by atoms with van der Waals surface area (Å²) in [5.74, 6) is 0.210. The topological polar surface area (TPSA) is 128 Å². The maximum absolute atomic E-state index is 11.0. The minimum atomic E-state index is -0.604. The van der Waals surface area contributed by atoms with Gasteiger partial charge in [-0.1, -0.05) is 0 Å². The van der Waals surface area contributed by atoms with Gasteiger partial charge in [0.2, 0.25) is 0 Å². The van der Waals surface area contributed by atoms with Crippen LogP contribution >= 0.6 is 22.6 Å². The zero-order chi connectivity index (χ0) is 20.7. The highest BCUT2D eigenvalue weighted by atomic mass is 127. The standard InChI is InChI=1S/C19H16IN3O5/c1-2-27-17-9-12(8-16(20)19(17)28-11-18(22)24)7-14(10-21)13-3-5-15(6-4-13)23(25)26/h3-9H,2,11H2,1H3,(H2,22,24)/b14-7+. The van der Waals surface area contributed by atoms with Crippen LogP contribution in [0.15, 0.2) is 36.4 Å². The van der Waals surface area contributed by atoms with Crippen molar-refractivity contribution in [3.8, 4) is 17.6 Å². The number of carbonyl (C=O) groups excluding carboxylic acids is 1. The van der Waals surface area contributed by atoms with E-state index in [4.69, 9.17) is 15.2 Å². The number of nitrogens with zero attached hydrogens (tertiary/aromatic N) is 2. The van der Waals surface area contributed by atoms with Crippen LogP contribution in [0.2, 0.25) is 0 Å². The van der Waals surface area contributed by atoms with Gasteiger partial charge >= 0.3 is 0 Å². The molecule has 1 amide bonds. The number of nitrogens with two attached hydrogens (primary N) is 1. The summed E-state index contributed by atoms with van der Waals surface area (Å²) < 4.78 is 11.7. The largest absolute Gasteiger partial charge is 0.490 e. The van der Waals surface area contributed by atoms with Crippen LogP contribution in [0.1, 0.15) is 18.1 Å². The Balaban J connectivity index is 2.43. The van der Waals surface area contributed by atoms with Gasteiger partial charge in [0.1, 0.15) is 0 Å². The molecule has 0 unspecified atom stereocenters. The van der Waals surface area contributed by atoms with E-state index in [0.29, 0.717) is 38.4 Å². The Kier molecular flexibility index (Phi) is 7.34. The molecule has 9 heteroatoms. The number of benzene rings is 2. The number of amides is 1. The lowest BCUT2D eigenvalue weighted by Crippen LogP contribution is -2.20. The molecule has 0 atom stereocenters. The number of hydrogen-bond donors (Lipinski definition) is 1. The first-order chi connectivity index (χ1) is 13.3. The van der Waals surface area contributed by atoms with Crippen LogP contribution < -0.4 is 15.2 Å². The Morgan fingerprint density at radius 2 is 2.00 bits per heavy atom. The molecule has 0 saturated heterocycles. The van der Waals surface area contributed by atoms with E-state index in [-0.39, 0.29) is 12.3 Å². The van der Waals surface area contributed by atoms with Crippen molar-refractivity contribution in [1.29, 1.82) is 5.26 Å². The van der Waals surface area contributed by atoms with Crippen molar-refractivity contribution in [2.75, 3.05) is 13.2 Å². The van der Waals surface area contributed by atoms with Crippen LogP contribution in [0.25, 0.3) is 11.6 Å². The van der Waals surface area contributed by atoms with Gasteiger partial charge in [0, 0.05) is 12.1 Å². The van der Waals surface area contributed by atoms with Crippen LogP contribution in [-0.2, 0) is 4.79 Å². The number of halogens is 1. The molecule has 2 N–H and O–H groups in total. The average Bonchev–Trinajstić information content (AvgIpc) is 2.65. The van der Waals surface area contributed by atoms with Crippen molar-refractivity contribution in [2.24, 2.45) is 5.73 Å². The van der Waals surface area contributed by atoms with E-state index in [1.54, 1.807) is 18.2 Å². The number of allylic oxidation sites excluding steroid dienone is 1. The fourth-order valence-electron chi connectivity index (χ4n) is 2.33. The van der Waals surface area contributed by atoms with E-state index in [0.717, 1.165) is 0 Å². The molecule has 0 saturated carbocycles. The van der Waals surface area contributed by atoms with Crippen molar-refractivity contribution in [1.82, 2.24) is 0 Å². The van der Waals surface area contributed by atoms with E-state index < -0.39 is 10.8 Å². The fourth-order valence-corrected chi connectivity index (χ4v) is 3.11. The predicted octanol–water partition coefficient (Wildman–Crippen LogP) is 3.53.